The van der Waals surface area contributed by atoms with Crippen LogP contribution in [-0.2, 0) is 4.79 Å². The lowest BCUT2D eigenvalue weighted by Crippen LogP contribution is -2.20. The van der Waals surface area contributed by atoms with E-state index < -0.39 is 0 Å². The molecule has 1 aliphatic carbocycles. The molecular weight excluding hydrogens is 274 g/mol. The average Bonchev–Trinajstić information content (AvgIpc) is 2.57. The van der Waals surface area contributed by atoms with Gasteiger partial charge >= 0.3 is 0 Å². The summed E-state index contributed by atoms with van der Waals surface area (Å²) in [5.41, 5.74) is 2.31. The molecule has 0 saturated heterocycles. The highest BCUT2D eigenvalue weighted by molar-refractivity contribution is 6.05. The van der Waals surface area contributed by atoms with Crippen molar-refractivity contribution in [1.82, 2.24) is 0 Å². The molecule has 0 heterocycles. The molecule has 1 unspecified atom stereocenters. The van der Waals surface area contributed by atoms with E-state index in [4.69, 9.17) is 0 Å². The highest BCUT2D eigenvalue weighted by Crippen LogP contribution is 2.34. The van der Waals surface area contributed by atoms with Gasteiger partial charge in [0, 0.05) is 23.6 Å². The summed E-state index contributed by atoms with van der Waals surface area (Å²) in [5.74, 6) is 0.0602. The summed E-state index contributed by atoms with van der Waals surface area (Å²) in [6.45, 7) is 0. The van der Waals surface area contributed by atoms with E-state index in [-0.39, 0.29) is 17.6 Å². The lowest BCUT2D eigenvalue weighted by Gasteiger charge is -2.23. The predicted octanol–water partition coefficient (Wildman–Crippen LogP) is 4.17. The minimum absolute atomic E-state index is 0.0824. The third-order valence-corrected chi connectivity index (χ3v) is 4.18. The number of carbonyl (C=O) groups excluding carboxylic acids is 2. The summed E-state index contributed by atoms with van der Waals surface area (Å²) in [6.07, 6.45) is 3.56. The van der Waals surface area contributed by atoms with E-state index in [1.165, 1.54) is 0 Å². The summed E-state index contributed by atoms with van der Waals surface area (Å²) in [5, 5.41) is 2.95. The SMILES string of the molecule is O=C(Nc1ccccc1C1CCCCC1=O)c1ccccc1. The molecule has 0 bridgehead atoms. The quantitative estimate of drug-likeness (QED) is 0.923. The fourth-order valence-electron chi connectivity index (χ4n) is 3.01. The monoisotopic (exact) mass is 293 g/mol. The Hall–Kier alpha value is -2.42. The maximum Gasteiger partial charge on any atom is 0.255 e. The van der Waals surface area contributed by atoms with E-state index in [1.807, 2.05) is 42.5 Å². The molecule has 3 rings (SSSR count). The first-order valence-corrected chi connectivity index (χ1v) is 7.74. The molecule has 2 aromatic carbocycles. The van der Waals surface area contributed by atoms with Crippen LogP contribution in [0.5, 0.6) is 0 Å². The molecule has 1 atom stereocenters. The summed E-state index contributed by atoms with van der Waals surface area (Å²) in [7, 11) is 0. The van der Waals surface area contributed by atoms with Crippen molar-refractivity contribution in [2.75, 3.05) is 5.32 Å². The summed E-state index contributed by atoms with van der Waals surface area (Å²) >= 11 is 0. The van der Waals surface area contributed by atoms with Gasteiger partial charge in [0.2, 0.25) is 0 Å². The van der Waals surface area contributed by atoms with Gasteiger partial charge in [-0.1, -0.05) is 42.8 Å². The van der Waals surface area contributed by atoms with Crippen LogP contribution in [0.3, 0.4) is 0 Å². The summed E-state index contributed by atoms with van der Waals surface area (Å²) < 4.78 is 0. The van der Waals surface area contributed by atoms with Crippen molar-refractivity contribution in [3.8, 4) is 0 Å². The molecule has 0 aromatic heterocycles. The summed E-state index contributed by atoms with van der Waals surface area (Å²) in [4.78, 5) is 24.5. The second kappa shape index (κ2) is 6.56. The van der Waals surface area contributed by atoms with Crippen molar-refractivity contribution in [2.24, 2.45) is 0 Å². The Morgan fingerprint density at radius 3 is 2.45 bits per heavy atom. The molecule has 0 spiro atoms. The van der Waals surface area contributed by atoms with Crippen LogP contribution in [0, 0.1) is 0 Å². The van der Waals surface area contributed by atoms with Crippen LogP contribution in [0.4, 0.5) is 5.69 Å². The minimum atomic E-state index is -0.142. The standard InChI is InChI=1S/C19H19NO2/c21-18-13-7-5-11-16(18)15-10-4-6-12-17(15)20-19(22)14-8-2-1-3-9-14/h1-4,6,8-10,12,16H,5,7,11,13H2,(H,20,22). The number of hydrogen-bond donors (Lipinski definition) is 1. The number of Topliss-reactive ketones (excluding diaryl/α,β-unsaturated/α-hetero) is 1. The van der Waals surface area contributed by atoms with Gasteiger partial charge in [0.1, 0.15) is 5.78 Å². The summed E-state index contributed by atoms with van der Waals surface area (Å²) in [6, 6.07) is 16.8. The highest BCUT2D eigenvalue weighted by Gasteiger charge is 2.26. The fraction of sp³-hybridized carbons (Fsp3) is 0.263. The van der Waals surface area contributed by atoms with E-state index in [2.05, 4.69) is 5.32 Å². The molecule has 1 saturated carbocycles. The van der Waals surface area contributed by atoms with Crippen molar-refractivity contribution in [3.63, 3.8) is 0 Å². The maximum absolute atomic E-state index is 12.3. The zero-order valence-corrected chi connectivity index (χ0v) is 12.4. The Labute approximate surface area is 130 Å². The molecule has 3 nitrogen and oxygen atoms in total. The Morgan fingerprint density at radius 1 is 0.955 bits per heavy atom. The number of nitrogens with one attached hydrogen (secondary N) is 1. The first-order valence-electron chi connectivity index (χ1n) is 7.74. The number of carbonyl (C=O) groups is 2. The van der Waals surface area contributed by atoms with Crippen LogP contribution < -0.4 is 5.32 Å². The second-order valence-electron chi connectivity index (χ2n) is 5.67. The van der Waals surface area contributed by atoms with Gasteiger partial charge in [-0.05, 0) is 36.6 Å². The molecule has 1 amide bonds. The molecule has 0 radical (unpaired) electrons. The van der Waals surface area contributed by atoms with Crippen molar-refractivity contribution in [3.05, 3.63) is 65.7 Å². The van der Waals surface area contributed by atoms with Crippen LogP contribution in [0.25, 0.3) is 0 Å². The van der Waals surface area contributed by atoms with E-state index >= 15 is 0 Å². The predicted molar refractivity (Wildman–Crippen MR) is 87.1 cm³/mol. The van der Waals surface area contributed by atoms with Crippen molar-refractivity contribution in [1.29, 1.82) is 0 Å². The Morgan fingerprint density at radius 2 is 1.68 bits per heavy atom. The first-order chi connectivity index (χ1) is 10.8. The van der Waals surface area contributed by atoms with E-state index in [1.54, 1.807) is 12.1 Å². The molecule has 3 heteroatoms. The van der Waals surface area contributed by atoms with Crippen LogP contribution in [0.1, 0.15) is 47.5 Å². The molecule has 1 aliphatic rings. The van der Waals surface area contributed by atoms with Gasteiger partial charge in [-0.15, -0.1) is 0 Å². The second-order valence-corrected chi connectivity index (χ2v) is 5.67. The number of anilines is 1. The van der Waals surface area contributed by atoms with Gasteiger partial charge in [-0.3, -0.25) is 9.59 Å². The molecule has 1 N–H and O–H groups in total. The van der Waals surface area contributed by atoms with Gasteiger partial charge in [-0.2, -0.15) is 0 Å². The number of rotatable bonds is 3. The normalized spacial score (nSPS) is 18.0. The van der Waals surface area contributed by atoms with E-state index in [0.717, 1.165) is 30.5 Å². The van der Waals surface area contributed by atoms with Crippen LogP contribution in [0.2, 0.25) is 0 Å². The van der Waals surface area contributed by atoms with Crippen molar-refractivity contribution in [2.45, 2.75) is 31.6 Å². The Balaban J connectivity index is 1.85. The Kier molecular flexibility index (Phi) is 4.33. The molecular formula is C19H19NO2. The van der Waals surface area contributed by atoms with Crippen LogP contribution >= 0.6 is 0 Å². The topological polar surface area (TPSA) is 46.2 Å². The first kappa shape index (κ1) is 14.5. The van der Waals surface area contributed by atoms with E-state index in [0.29, 0.717) is 12.0 Å². The van der Waals surface area contributed by atoms with Gasteiger partial charge < -0.3 is 5.32 Å². The zero-order chi connectivity index (χ0) is 15.4. The number of benzene rings is 2. The third kappa shape index (κ3) is 3.08. The zero-order valence-electron chi connectivity index (χ0n) is 12.4. The largest absolute Gasteiger partial charge is 0.322 e. The number of hydrogen-bond acceptors (Lipinski definition) is 2. The minimum Gasteiger partial charge on any atom is -0.322 e. The van der Waals surface area contributed by atoms with Crippen molar-refractivity contribution >= 4 is 17.4 Å². The molecule has 1 fully saturated rings. The third-order valence-electron chi connectivity index (χ3n) is 4.18. The smallest absolute Gasteiger partial charge is 0.255 e. The lowest BCUT2D eigenvalue weighted by atomic mass is 9.82. The number of amides is 1. The molecule has 112 valence electrons. The maximum atomic E-state index is 12.3. The fourth-order valence-corrected chi connectivity index (χ4v) is 3.01. The molecule has 22 heavy (non-hydrogen) atoms. The van der Waals surface area contributed by atoms with Gasteiger partial charge in [0.15, 0.2) is 0 Å². The van der Waals surface area contributed by atoms with E-state index in [9.17, 15) is 9.59 Å². The van der Waals surface area contributed by atoms with Crippen molar-refractivity contribution < 1.29 is 9.59 Å². The number of para-hydroxylation sites is 1. The number of ketones is 1. The lowest BCUT2D eigenvalue weighted by molar-refractivity contribution is -0.121. The molecule has 0 aliphatic heterocycles. The van der Waals surface area contributed by atoms with Gasteiger partial charge in [0.25, 0.3) is 5.91 Å². The van der Waals surface area contributed by atoms with Gasteiger partial charge in [-0.25, -0.2) is 0 Å². The van der Waals surface area contributed by atoms with Gasteiger partial charge in [0.05, 0.1) is 0 Å². The van der Waals surface area contributed by atoms with Crippen LogP contribution in [-0.4, -0.2) is 11.7 Å². The average molecular weight is 293 g/mol. The Bertz CT molecular complexity index is 679. The van der Waals surface area contributed by atoms with Crippen LogP contribution in [0.15, 0.2) is 54.6 Å². The molecule has 2 aromatic rings. The highest BCUT2D eigenvalue weighted by atomic mass is 16.1.